The molecule has 0 aliphatic heterocycles. The first-order valence-corrected chi connectivity index (χ1v) is 6.14. The fourth-order valence-corrected chi connectivity index (χ4v) is 2.43. The predicted molar refractivity (Wildman–Crippen MR) is 63.5 cm³/mol. The molecule has 0 spiro atoms. The largest absolute Gasteiger partial charge is 0.352 e. The molecule has 3 atom stereocenters. The molecule has 0 aromatic carbocycles. The van der Waals surface area contributed by atoms with Crippen LogP contribution in [0.2, 0.25) is 0 Å². The zero-order chi connectivity index (χ0) is 12.3. The Morgan fingerprint density at radius 3 is 2.56 bits per heavy atom. The second kappa shape index (κ2) is 4.86. The highest BCUT2D eigenvalue weighted by molar-refractivity contribution is 5.84. The number of nitrogens with zero attached hydrogens (tertiary/aromatic N) is 1. The van der Waals surface area contributed by atoms with E-state index in [1.54, 1.807) is 13.8 Å². The third kappa shape index (κ3) is 2.55. The summed E-state index contributed by atoms with van der Waals surface area (Å²) in [6.45, 7) is 7.73. The highest BCUT2D eigenvalue weighted by atomic mass is 16.2. The molecule has 1 amide bonds. The normalized spacial score (nSPS) is 29.8. The van der Waals surface area contributed by atoms with Crippen LogP contribution >= 0.6 is 0 Å². The van der Waals surface area contributed by atoms with Gasteiger partial charge in [-0.2, -0.15) is 5.26 Å². The minimum atomic E-state index is -0.913. The van der Waals surface area contributed by atoms with E-state index in [1.165, 1.54) is 12.8 Å². The molecule has 0 bridgehead atoms. The average molecular weight is 222 g/mol. The van der Waals surface area contributed by atoms with Crippen molar-refractivity contribution in [1.82, 2.24) is 5.32 Å². The molecule has 1 aliphatic rings. The molecule has 90 valence electrons. The molecule has 1 fully saturated rings. The van der Waals surface area contributed by atoms with Gasteiger partial charge in [0.1, 0.15) is 5.41 Å². The first-order chi connectivity index (χ1) is 7.42. The standard InChI is InChI=1S/C13H22N2O/c1-5-10-6-7-11(9(10)2)15-12(16)13(3,4)8-14/h9-11H,5-7H2,1-4H3,(H,15,16). The monoisotopic (exact) mass is 222 g/mol. The lowest BCUT2D eigenvalue weighted by Crippen LogP contribution is -2.44. The van der Waals surface area contributed by atoms with Crippen molar-refractivity contribution >= 4 is 5.91 Å². The van der Waals surface area contributed by atoms with Gasteiger partial charge in [0, 0.05) is 6.04 Å². The fourth-order valence-electron chi connectivity index (χ4n) is 2.43. The lowest BCUT2D eigenvalue weighted by atomic mass is 9.91. The van der Waals surface area contributed by atoms with Gasteiger partial charge in [-0.25, -0.2) is 0 Å². The van der Waals surface area contributed by atoms with Gasteiger partial charge in [0.25, 0.3) is 0 Å². The van der Waals surface area contributed by atoms with E-state index in [4.69, 9.17) is 5.26 Å². The maximum atomic E-state index is 11.9. The maximum absolute atomic E-state index is 11.9. The van der Waals surface area contributed by atoms with Crippen LogP contribution in [0.1, 0.15) is 47.0 Å². The topological polar surface area (TPSA) is 52.9 Å². The van der Waals surface area contributed by atoms with Gasteiger partial charge in [-0.05, 0) is 38.5 Å². The average Bonchev–Trinajstić information content (AvgIpc) is 2.60. The second-order valence-electron chi connectivity index (χ2n) is 5.42. The Morgan fingerprint density at radius 2 is 2.12 bits per heavy atom. The molecule has 3 heteroatoms. The van der Waals surface area contributed by atoms with Gasteiger partial charge < -0.3 is 5.32 Å². The van der Waals surface area contributed by atoms with Gasteiger partial charge in [-0.1, -0.05) is 20.3 Å². The van der Waals surface area contributed by atoms with Gasteiger partial charge in [0.15, 0.2) is 0 Å². The number of rotatable bonds is 3. The van der Waals surface area contributed by atoms with Crippen molar-refractivity contribution in [3.63, 3.8) is 0 Å². The number of nitrogens with one attached hydrogen (secondary N) is 1. The van der Waals surface area contributed by atoms with E-state index in [1.807, 2.05) is 6.07 Å². The van der Waals surface area contributed by atoms with Crippen LogP contribution in [-0.4, -0.2) is 11.9 Å². The molecular weight excluding hydrogens is 200 g/mol. The van der Waals surface area contributed by atoms with Crippen LogP contribution < -0.4 is 5.32 Å². The van der Waals surface area contributed by atoms with E-state index >= 15 is 0 Å². The number of carbonyl (C=O) groups excluding carboxylic acids is 1. The molecular formula is C13H22N2O. The second-order valence-corrected chi connectivity index (χ2v) is 5.42. The van der Waals surface area contributed by atoms with Crippen LogP contribution in [0.4, 0.5) is 0 Å². The first-order valence-electron chi connectivity index (χ1n) is 6.14. The Labute approximate surface area is 98.2 Å². The van der Waals surface area contributed by atoms with E-state index in [-0.39, 0.29) is 11.9 Å². The SMILES string of the molecule is CCC1CCC(NC(=O)C(C)(C)C#N)C1C. The van der Waals surface area contributed by atoms with E-state index in [2.05, 4.69) is 19.2 Å². The zero-order valence-electron chi connectivity index (χ0n) is 10.7. The van der Waals surface area contributed by atoms with Crippen molar-refractivity contribution in [3.05, 3.63) is 0 Å². The third-order valence-corrected chi connectivity index (χ3v) is 3.91. The Bertz CT molecular complexity index is 304. The molecule has 0 aromatic rings. The maximum Gasteiger partial charge on any atom is 0.240 e. The number of nitriles is 1. The molecule has 16 heavy (non-hydrogen) atoms. The van der Waals surface area contributed by atoms with Crippen LogP contribution in [0.25, 0.3) is 0 Å². The molecule has 0 heterocycles. The van der Waals surface area contributed by atoms with Crippen LogP contribution in [0.5, 0.6) is 0 Å². The highest BCUT2D eigenvalue weighted by Gasteiger charge is 2.36. The van der Waals surface area contributed by atoms with Crippen LogP contribution in [-0.2, 0) is 4.79 Å². The van der Waals surface area contributed by atoms with Crippen LogP contribution in [0.3, 0.4) is 0 Å². The van der Waals surface area contributed by atoms with Gasteiger partial charge in [-0.15, -0.1) is 0 Å². The number of hydrogen-bond acceptors (Lipinski definition) is 2. The number of carbonyl (C=O) groups is 1. The third-order valence-electron chi connectivity index (χ3n) is 3.91. The van der Waals surface area contributed by atoms with Crippen molar-refractivity contribution in [3.8, 4) is 6.07 Å². The molecule has 0 saturated heterocycles. The molecule has 3 unspecified atom stereocenters. The smallest absolute Gasteiger partial charge is 0.240 e. The summed E-state index contributed by atoms with van der Waals surface area (Å²) in [5.74, 6) is 1.11. The van der Waals surface area contributed by atoms with Crippen LogP contribution in [0, 0.1) is 28.6 Å². The summed E-state index contributed by atoms with van der Waals surface area (Å²) >= 11 is 0. The van der Waals surface area contributed by atoms with Crippen molar-refractivity contribution in [1.29, 1.82) is 5.26 Å². The summed E-state index contributed by atoms with van der Waals surface area (Å²) < 4.78 is 0. The minimum Gasteiger partial charge on any atom is -0.352 e. The van der Waals surface area contributed by atoms with Crippen molar-refractivity contribution in [2.75, 3.05) is 0 Å². The lowest BCUT2D eigenvalue weighted by Gasteiger charge is -2.24. The number of hydrogen-bond donors (Lipinski definition) is 1. The summed E-state index contributed by atoms with van der Waals surface area (Å²) in [6, 6.07) is 2.30. The van der Waals surface area contributed by atoms with E-state index in [9.17, 15) is 4.79 Å². The Kier molecular flexibility index (Phi) is 3.96. The van der Waals surface area contributed by atoms with Gasteiger partial charge >= 0.3 is 0 Å². The molecule has 0 aromatic heterocycles. The summed E-state index contributed by atoms with van der Waals surface area (Å²) in [5, 5.41) is 11.9. The molecule has 1 saturated carbocycles. The molecule has 3 nitrogen and oxygen atoms in total. The lowest BCUT2D eigenvalue weighted by molar-refractivity contribution is -0.127. The Balaban J connectivity index is 2.57. The van der Waals surface area contributed by atoms with Gasteiger partial charge in [0.2, 0.25) is 5.91 Å². The number of amides is 1. The van der Waals surface area contributed by atoms with Gasteiger partial charge in [0.05, 0.1) is 6.07 Å². The minimum absolute atomic E-state index is 0.136. The van der Waals surface area contributed by atoms with Crippen LogP contribution in [0.15, 0.2) is 0 Å². The van der Waals surface area contributed by atoms with Crippen molar-refractivity contribution < 1.29 is 4.79 Å². The summed E-state index contributed by atoms with van der Waals surface area (Å²) in [4.78, 5) is 11.9. The summed E-state index contributed by atoms with van der Waals surface area (Å²) in [6.07, 6.45) is 3.41. The van der Waals surface area contributed by atoms with E-state index < -0.39 is 5.41 Å². The Hall–Kier alpha value is -1.04. The van der Waals surface area contributed by atoms with Gasteiger partial charge in [-0.3, -0.25) is 4.79 Å². The van der Waals surface area contributed by atoms with E-state index in [0.29, 0.717) is 5.92 Å². The zero-order valence-corrected chi connectivity index (χ0v) is 10.7. The Morgan fingerprint density at radius 1 is 1.50 bits per heavy atom. The molecule has 1 rings (SSSR count). The van der Waals surface area contributed by atoms with Crippen molar-refractivity contribution in [2.24, 2.45) is 17.3 Å². The molecule has 0 radical (unpaired) electrons. The quantitative estimate of drug-likeness (QED) is 0.797. The van der Waals surface area contributed by atoms with E-state index in [0.717, 1.165) is 12.3 Å². The highest BCUT2D eigenvalue weighted by Crippen LogP contribution is 2.34. The summed E-state index contributed by atoms with van der Waals surface area (Å²) in [7, 11) is 0. The fraction of sp³-hybridized carbons (Fsp3) is 0.846. The predicted octanol–water partition coefficient (Wildman–Crippen LogP) is 2.48. The molecule has 1 N–H and O–H groups in total. The van der Waals surface area contributed by atoms with Crippen molar-refractivity contribution in [2.45, 2.75) is 53.0 Å². The summed E-state index contributed by atoms with van der Waals surface area (Å²) in [5.41, 5.74) is -0.913. The molecule has 1 aliphatic carbocycles. The first kappa shape index (κ1) is 13.0.